The van der Waals surface area contributed by atoms with Gasteiger partial charge in [0, 0.05) is 31.5 Å². The van der Waals surface area contributed by atoms with Crippen molar-refractivity contribution < 1.29 is 19.1 Å². The molecule has 1 heterocycles. The summed E-state index contributed by atoms with van der Waals surface area (Å²) in [5.74, 6) is -0.393. The van der Waals surface area contributed by atoms with Crippen molar-refractivity contribution in [1.82, 2.24) is 4.90 Å². The van der Waals surface area contributed by atoms with Crippen molar-refractivity contribution in [2.45, 2.75) is 6.10 Å². The quantitative estimate of drug-likeness (QED) is 0.833. The first-order chi connectivity index (χ1) is 10.6. The number of amides is 2. The number of hydrogen-bond acceptors (Lipinski definition) is 4. The Labute approximate surface area is 129 Å². The molecule has 1 aliphatic heterocycles. The molecule has 6 heteroatoms. The standard InChI is InChI=1S/C16H20N2O4/c1-3-15(19)17-13-6-4-5-12(9-13)16(20)18-7-8-22-14(10-18)11-21-2/h3-6,9,14H,1,7-8,10-11H2,2H3,(H,17,19)/t14-/m1/s1. The van der Waals surface area contributed by atoms with Crippen LogP contribution < -0.4 is 5.32 Å². The van der Waals surface area contributed by atoms with Gasteiger partial charge in [-0.3, -0.25) is 9.59 Å². The van der Waals surface area contributed by atoms with Crippen LogP contribution in [-0.4, -0.2) is 56.2 Å². The average Bonchev–Trinajstić information content (AvgIpc) is 2.55. The molecule has 118 valence electrons. The second kappa shape index (κ2) is 7.72. The van der Waals surface area contributed by atoms with Crippen LogP contribution in [0.5, 0.6) is 0 Å². The Hall–Kier alpha value is -2.18. The Morgan fingerprint density at radius 2 is 2.36 bits per heavy atom. The molecule has 1 fully saturated rings. The number of benzene rings is 1. The Balaban J connectivity index is 2.07. The fourth-order valence-corrected chi connectivity index (χ4v) is 2.30. The van der Waals surface area contributed by atoms with Gasteiger partial charge in [-0.15, -0.1) is 0 Å². The fourth-order valence-electron chi connectivity index (χ4n) is 2.30. The highest BCUT2D eigenvalue weighted by atomic mass is 16.5. The summed E-state index contributed by atoms with van der Waals surface area (Å²) in [6.45, 7) is 5.39. The fraction of sp³-hybridized carbons (Fsp3) is 0.375. The molecule has 22 heavy (non-hydrogen) atoms. The number of hydrogen-bond donors (Lipinski definition) is 1. The van der Waals surface area contributed by atoms with Crippen LogP contribution in [0.15, 0.2) is 36.9 Å². The molecule has 0 unspecified atom stereocenters. The number of anilines is 1. The van der Waals surface area contributed by atoms with E-state index in [4.69, 9.17) is 9.47 Å². The summed E-state index contributed by atoms with van der Waals surface area (Å²) >= 11 is 0. The molecular formula is C16H20N2O4. The highest BCUT2D eigenvalue weighted by molar-refractivity contribution is 6.00. The molecule has 2 amide bonds. The van der Waals surface area contributed by atoms with Crippen molar-refractivity contribution in [3.63, 3.8) is 0 Å². The Kier molecular flexibility index (Phi) is 5.68. The number of methoxy groups -OCH3 is 1. The van der Waals surface area contributed by atoms with Crippen molar-refractivity contribution in [1.29, 1.82) is 0 Å². The summed E-state index contributed by atoms with van der Waals surface area (Å²) < 4.78 is 10.6. The zero-order chi connectivity index (χ0) is 15.9. The molecule has 1 aliphatic rings. The summed E-state index contributed by atoms with van der Waals surface area (Å²) in [5, 5.41) is 2.65. The average molecular weight is 304 g/mol. The van der Waals surface area contributed by atoms with Crippen LogP contribution in [0.2, 0.25) is 0 Å². The Morgan fingerprint density at radius 1 is 1.55 bits per heavy atom. The van der Waals surface area contributed by atoms with Gasteiger partial charge in [-0.1, -0.05) is 12.6 Å². The van der Waals surface area contributed by atoms with Crippen LogP contribution in [0.25, 0.3) is 0 Å². The summed E-state index contributed by atoms with van der Waals surface area (Å²) in [6.07, 6.45) is 1.08. The largest absolute Gasteiger partial charge is 0.382 e. The van der Waals surface area contributed by atoms with Crippen molar-refractivity contribution in [3.8, 4) is 0 Å². The van der Waals surface area contributed by atoms with Crippen LogP contribution in [0.4, 0.5) is 5.69 Å². The number of nitrogens with one attached hydrogen (secondary N) is 1. The molecule has 2 rings (SSSR count). The molecule has 0 saturated carbocycles. The van der Waals surface area contributed by atoms with Crippen molar-refractivity contribution in [2.24, 2.45) is 0 Å². The topological polar surface area (TPSA) is 67.9 Å². The van der Waals surface area contributed by atoms with E-state index < -0.39 is 0 Å². The van der Waals surface area contributed by atoms with Gasteiger partial charge in [0.25, 0.3) is 5.91 Å². The lowest BCUT2D eigenvalue weighted by Gasteiger charge is -2.32. The van der Waals surface area contributed by atoms with Gasteiger partial charge in [-0.25, -0.2) is 0 Å². The van der Waals surface area contributed by atoms with E-state index in [1.807, 2.05) is 0 Å². The zero-order valence-corrected chi connectivity index (χ0v) is 12.6. The molecule has 0 bridgehead atoms. The minimum Gasteiger partial charge on any atom is -0.382 e. The van der Waals surface area contributed by atoms with Gasteiger partial charge < -0.3 is 19.7 Å². The normalized spacial score (nSPS) is 17.9. The van der Waals surface area contributed by atoms with E-state index >= 15 is 0 Å². The van der Waals surface area contributed by atoms with Crippen molar-refractivity contribution in [2.75, 3.05) is 38.7 Å². The Morgan fingerprint density at radius 3 is 3.09 bits per heavy atom. The van der Waals surface area contributed by atoms with E-state index in [-0.39, 0.29) is 17.9 Å². The highest BCUT2D eigenvalue weighted by Crippen LogP contribution is 2.15. The number of carbonyl (C=O) groups excluding carboxylic acids is 2. The van der Waals surface area contributed by atoms with E-state index in [2.05, 4.69) is 11.9 Å². The van der Waals surface area contributed by atoms with Crippen molar-refractivity contribution >= 4 is 17.5 Å². The number of carbonyl (C=O) groups is 2. The molecular weight excluding hydrogens is 284 g/mol. The third-order valence-corrected chi connectivity index (χ3v) is 3.34. The van der Waals surface area contributed by atoms with Crippen molar-refractivity contribution in [3.05, 3.63) is 42.5 Å². The first-order valence-corrected chi connectivity index (χ1v) is 7.07. The van der Waals surface area contributed by atoms with Crippen LogP contribution in [0.3, 0.4) is 0 Å². The number of rotatable bonds is 5. The molecule has 0 radical (unpaired) electrons. The second-order valence-corrected chi connectivity index (χ2v) is 4.97. The molecule has 1 aromatic rings. The summed E-state index contributed by atoms with van der Waals surface area (Å²) in [6, 6.07) is 6.85. The SMILES string of the molecule is C=CC(=O)Nc1cccc(C(=O)N2CCO[C@@H](COC)C2)c1. The van der Waals surface area contributed by atoms with E-state index in [1.54, 1.807) is 36.3 Å². The molecule has 1 atom stereocenters. The summed E-state index contributed by atoms with van der Waals surface area (Å²) in [7, 11) is 1.61. The van der Waals surface area contributed by atoms with Gasteiger partial charge in [0.15, 0.2) is 0 Å². The second-order valence-electron chi connectivity index (χ2n) is 4.97. The lowest BCUT2D eigenvalue weighted by molar-refractivity contribution is -0.111. The van der Waals surface area contributed by atoms with Gasteiger partial charge in [-0.2, -0.15) is 0 Å². The van der Waals surface area contributed by atoms with Crippen LogP contribution in [0.1, 0.15) is 10.4 Å². The minimum atomic E-state index is -0.309. The predicted octanol–water partition coefficient (Wildman–Crippen LogP) is 1.30. The van der Waals surface area contributed by atoms with Crippen LogP contribution >= 0.6 is 0 Å². The first kappa shape index (κ1) is 16.2. The molecule has 0 spiro atoms. The molecule has 1 saturated heterocycles. The molecule has 1 N–H and O–H groups in total. The highest BCUT2D eigenvalue weighted by Gasteiger charge is 2.25. The third-order valence-electron chi connectivity index (χ3n) is 3.34. The minimum absolute atomic E-state index is 0.0842. The van der Waals surface area contributed by atoms with Crippen LogP contribution in [0, 0.1) is 0 Å². The van der Waals surface area contributed by atoms with Gasteiger partial charge in [0.05, 0.1) is 19.3 Å². The lowest BCUT2D eigenvalue weighted by atomic mass is 10.1. The molecule has 0 aromatic heterocycles. The van der Waals surface area contributed by atoms with Gasteiger partial charge in [-0.05, 0) is 24.3 Å². The Bertz CT molecular complexity index is 557. The van der Waals surface area contributed by atoms with Gasteiger partial charge >= 0.3 is 0 Å². The first-order valence-electron chi connectivity index (χ1n) is 7.07. The summed E-state index contributed by atoms with van der Waals surface area (Å²) in [4.78, 5) is 25.6. The maximum atomic E-state index is 12.6. The monoisotopic (exact) mass is 304 g/mol. The van der Waals surface area contributed by atoms with Gasteiger partial charge in [0.1, 0.15) is 0 Å². The maximum Gasteiger partial charge on any atom is 0.254 e. The lowest BCUT2D eigenvalue weighted by Crippen LogP contribution is -2.47. The number of nitrogens with zero attached hydrogens (tertiary/aromatic N) is 1. The number of ether oxygens (including phenoxy) is 2. The smallest absolute Gasteiger partial charge is 0.254 e. The van der Waals surface area contributed by atoms with E-state index in [0.717, 1.165) is 0 Å². The molecule has 0 aliphatic carbocycles. The summed E-state index contributed by atoms with van der Waals surface area (Å²) in [5.41, 5.74) is 1.09. The van der Waals surface area contributed by atoms with E-state index in [1.165, 1.54) is 6.08 Å². The predicted molar refractivity (Wildman–Crippen MR) is 82.8 cm³/mol. The molecule has 6 nitrogen and oxygen atoms in total. The van der Waals surface area contributed by atoms with Crippen LogP contribution in [-0.2, 0) is 14.3 Å². The third kappa shape index (κ3) is 4.16. The van der Waals surface area contributed by atoms with E-state index in [0.29, 0.717) is 37.6 Å². The maximum absolute atomic E-state index is 12.6. The zero-order valence-electron chi connectivity index (χ0n) is 12.6. The van der Waals surface area contributed by atoms with E-state index in [9.17, 15) is 9.59 Å². The number of morpholine rings is 1. The molecule has 1 aromatic carbocycles. The van der Waals surface area contributed by atoms with Gasteiger partial charge in [0.2, 0.25) is 5.91 Å².